The van der Waals surface area contributed by atoms with Crippen LogP contribution in [0.5, 0.6) is 0 Å². The molecular formula is C23H28ClN5O. The summed E-state index contributed by atoms with van der Waals surface area (Å²) >= 11 is 6.42. The molecule has 0 spiro atoms. The largest absolute Gasteiger partial charge is 0.364 e. The number of rotatable bonds is 2. The summed E-state index contributed by atoms with van der Waals surface area (Å²) in [5.74, 6) is 0.589. The molecule has 2 amide bonds. The van der Waals surface area contributed by atoms with Crippen LogP contribution in [0.3, 0.4) is 0 Å². The van der Waals surface area contributed by atoms with Crippen LogP contribution in [0.25, 0.3) is 0 Å². The molecule has 0 radical (unpaired) electrons. The number of nitrogens with one attached hydrogen (secondary N) is 3. The first-order valence-corrected chi connectivity index (χ1v) is 10.4. The predicted octanol–water partition coefficient (Wildman–Crippen LogP) is 5.29. The van der Waals surface area contributed by atoms with E-state index in [-0.39, 0.29) is 12.2 Å². The third kappa shape index (κ3) is 5.54. The highest BCUT2D eigenvalue weighted by Crippen LogP contribution is 2.25. The molecule has 1 aliphatic heterocycles. The molecule has 1 aliphatic rings. The van der Waals surface area contributed by atoms with Crippen LogP contribution in [0.1, 0.15) is 25.0 Å². The van der Waals surface area contributed by atoms with Crippen molar-refractivity contribution in [1.82, 2.24) is 4.90 Å². The molecule has 6 nitrogen and oxygen atoms in total. The molecule has 1 heterocycles. The van der Waals surface area contributed by atoms with E-state index in [9.17, 15) is 4.79 Å². The number of benzene rings is 2. The van der Waals surface area contributed by atoms with E-state index in [1.807, 2.05) is 50.3 Å². The maximum Gasteiger partial charge on any atom is 0.321 e. The number of hydrogen-bond acceptors (Lipinski definition) is 4. The Morgan fingerprint density at radius 3 is 2.73 bits per heavy atom. The Hall–Kier alpha value is -2.99. The van der Waals surface area contributed by atoms with E-state index in [4.69, 9.17) is 16.6 Å². The Morgan fingerprint density at radius 1 is 1.20 bits per heavy atom. The van der Waals surface area contributed by atoms with Gasteiger partial charge in [0.15, 0.2) is 0 Å². The number of carbonyl (C=O) groups is 1. The number of nitrogens with zero attached hydrogens (tertiary/aromatic N) is 2. The van der Waals surface area contributed by atoms with Gasteiger partial charge in [-0.25, -0.2) is 9.79 Å². The van der Waals surface area contributed by atoms with Crippen LogP contribution in [0, 0.1) is 0 Å². The lowest BCUT2D eigenvalue weighted by atomic mass is 10.0. The van der Waals surface area contributed by atoms with Crippen molar-refractivity contribution >= 4 is 40.5 Å². The van der Waals surface area contributed by atoms with Gasteiger partial charge < -0.3 is 20.9 Å². The van der Waals surface area contributed by atoms with E-state index in [1.165, 1.54) is 10.5 Å². The number of fused-ring (bicyclic) bond motifs is 4. The first-order chi connectivity index (χ1) is 14.4. The van der Waals surface area contributed by atoms with E-state index in [0.717, 1.165) is 35.5 Å². The van der Waals surface area contributed by atoms with Crippen molar-refractivity contribution in [3.05, 3.63) is 64.7 Å². The molecule has 30 heavy (non-hydrogen) atoms. The average Bonchev–Trinajstić information content (AvgIpc) is 2.72. The smallest absolute Gasteiger partial charge is 0.321 e. The van der Waals surface area contributed by atoms with E-state index in [2.05, 4.69) is 28.1 Å². The molecule has 3 rings (SSSR count). The van der Waals surface area contributed by atoms with Gasteiger partial charge in [-0.15, -0.1) is 0 Å². The van der Waals surface area contributed by atoms with E-state index >= 15 is 0 Å². The Balaban J connectivity index is 2.04. The molecule has 0 saturated heterocycles. The number of hydrogen-bond donors (Lipinski definition) is 3. The maximum absolute atomic E-state index is 12.2. The van der Waals surface area contributed by atoms with Crippen LogP contribution < -0.4 is 16.0 Å². The topological polar surface area (TPSA) is 68.8 Å². The van der Waals surface area contributed by atoms with Gasteiger partial charge in [-0.2, -0.15) is 0 Å². The number of halogens is 1. The summed E-state index contributed by atoms with van der Waals surface area (Å²) in [6, 6.07) is 14.0. The minimum atomic E-state index is -0.171. The fraction of sp³-hybridized carbons (Fsp3) is 0.304. The highest BCUT2D eigenvalue weighted by Gasteiger charge is 2.13. The molecule has 0 aliphatic carbocycles. The lowest BCUT2D eigenvalue weighted by Gasteiger charge is -2.17. The summed E-state index contributed by atoms with van der Waals surface area (Å²) in [5.41, 5.74) is 4.92. The second kappa shape index (κ2) is 9.67. The van der Waals surface area contributed by atoms with E-state index in [0.29, 0.717) is 10.9 Å². The van der Waals surface area contributed by atoms with Crippen LogP contribution in [-0.4, -0.2) is 37.0 Å². The summed E-state index contributed by atoms with van der Waals surface area (Å²) in [5, 5.41) is 10.3. The highest BCUT2D eigenvalue weighted by molar-refractivity contribution is 6.44. The van der Waals surface area contributed by atoms with Gasteiger partial charge in [0.2, 0.25) is 0 Å². The zero-order chi connectivity index (χ0) is 21.7. The summed E-state index contributed by atoms with van der Waals surface area (Å²) in [4.78, 5) is 18.5. The number of urea groups is 1. The second-order valence-corrected chi connectivity index (χ2v) is 7.86. The molecule has 2 aromatic rings. The fourth-order valence-electron chi connectivity index (χ4n) is 3.22. The quantitative estimate of drug-likeness (QED) is 0.612. The van der Waals surface area contributed by atoms with Crippen molar-refractivity contribution in [2.45, 2.75) is 32.9 Å². The minimum absolute atomic E-state index is 0.158. The highest BCUT2D eigenvalue weighted by atomic mass is 35.5. The van der Waals surface area contributed by atoms with Gasteiger partial charge in [0.1, 0.15) is 12.0 Å². The summed E-state index contributed by atoms with van der Waals surface area (Å²) in [6.45, 7) is 3.86. The van der Waals surface area contributed by atoms with Crippen molar-refractivity contribution in [1.29, 1.82) is 0 Å². The number of anilines is 3. The molecule has 158 valence electrons. The predicted molar refractivity (Wildman–Crippen MR) is 127 cm³/mol. The molecule has 4 bridgehead atoms. The van der Waals surface area contributed by atoms with Crippen LogP contribution in [0.4, 0.5) is 21.9 Å². The van der Waals surface area contributed by atoms with Gasteiger partial charge in [-0.1, -0.05) is 29.8 Å². The van der Waals surface area contributed by atoms with Gasteiger partial charge in [0.05, 0.1) is 5.03 Å². The number of aliphatic imine (C=N–C) groups is 1. The Bertz CT molecular complexity index is 983. The van der Waals surface area contributed by atoms with Gasteiger partial charge >= 0.3 is 6.03 Å². The fourth-order valence-corrected chi connectivity index (χ4v) is 3.31. The first-order valence-electron chi connectivity index (χ1n) is 9.99. The molecule has 3 N–H and O–H groups in total. The average molecular weight is 426 g/mol. The van der Waals surface area contributed by atoms with Gasteiger partial charge in [0, 0.05) is 31.2 Å². The normalized spacial score (nSPS) is 18.4. The third-order valence-corrected chi connectivity index (χ3v) is 5.20. The molecule has 0 aromatic heterocycles. The SMILES string of the molecule is C/C=C(Cl)\C1=N/C(C)Nc2cccc(c2)CCc2cc(ccc2NC(=O)N(C)C)N1. The van der Waals surface area contributed by atoms with Crippen LogP contribution in [0.15, 0.2) is 58.6 Å². The third-order valence-electron chi connectivity index (χ3n) is 4.80. The lowest BCUT2D eigenvalue weighted by Crippen LogP contribution is -2.27. The van der Waals surface area contributed by atoms with Gasteiger partial charge in [-0.05, 0) is 68.1 Å². The summed E-state index contributed by atoms with van der Waals surface area (Å²) in [7, 11) is 3.45. The zero-order valence-corrected chi connectivity index (χ0v) is 18.5. The van der Waals surface area contributed by atoms with Crippen molar-refractivity contribution in [2.75, 3.05) is 30.0 Å². The Labute approximate surface area is 183 Å². The molecule has 1 atom stereocenters. The minimum Gasteiger partial charge on any atom is -0.364 e. The molecule has 7 heteroatoms. The lowest BCUT2D eigenvalue weighted by molar-refractivity contribution is 0.230. The van der Waals surface area contributed by atoms with E-state index in [1.54, 1.807) is 14.1 Å². The number of amidine groups is 1. The monoisotopic (exact) mass is 425 g/mol. The second-order valence-electron chi connectivity index (χ2n) is 7.46. The summed E-state index contributed by atoms with van der Waals surface area (Å²) in [6.07, 6.45) is 3.27. The molecular weight excluding hydrogens is 398 g/mol. The van der Waals surface area contributed by atoms with Crippen LogP contribution in [0.2, 0.25) is 0 Å². The van der Waals surface area contributed by atoms with E-state index < -0.39 is 0 Å². The van der Waals surface area contributed by atoms with Crippen molar-refractivity contribution < 1.29 is 4.79 Å². The molecule has 1 unspecified atom stereocenters. The van der Waals surface area contributed by atoms with Crippen molar-refractivity contribution in [2.24, 2.45) is 4.99 Å². The molecule has 0 fully saturated rings. The number of aryl methyl sites for hydroxylation is 2. The van der Waals surface area contributed by atoms with Crippen molar-refractivity contribution in [3.63, 3.8) is 0 Å². The molecule has 2 aromatic carbocycles. The first kappa shape index (κ1) is 21.7. The van der Waals surface area contributed by atoms with Gasteiger partial charge in [-0.3, -0.25) is 0 Å². The Morgan fingerprint density at radius 2 is 2.00 bits per heavy atom. The van der Waals surface area contributed by atoms with Crippen LogP contribution >= 0.6 is 11.6 Å². The number of allylic oxidation sites excluding steroid dienone is 1. The molecule has 0 saturated carbocycles. The summed E-state index contributed by atoms with van der Waals surface area (Å²) < 4.78 is 0. The van der Waals surface area contributed by atoms with Crippen molar-refractivity contribution in [3.8, 4) is 0 Å². The number of carbonyl (C=O) groups excluding carboxylic acids is 1. The standard InChI is InChI=1S/C23H28ClN5O/c1-5-20(24)22-26-15(2)25-18-8-6-7-16(13-18)9-10-17-14-19(27-22)11-12-21(17)28-23(30)29(3)4/h5-8,11-15,25H,9-10H2,1-4H3,(H,26,27)(H,28,30)/b20-5+. The van der Waals surface area contributed by atoms with Crippen LogP contribution in [-0.2, 0) is 12.8 Å². The Kier molecular flexibility index (Phi) is 7.00. The number of amides is 2. The maximum atomic E-state index is 12.2. The van der Waals surface area contributed by atoms with Gasteiger partial charge in [0.25, 0.3) is 0 Å². The zero-order valence-electron chi connectivity index (χ0n) is 17.8.